The van der Waals surface area contributed by atoms with Crippen LogP contribution in [0, 0.1) is 0 Å². The van der Waals surface area contributed by atoms with Crippen LogP contribution in [0.4, 0.5) is 13.2 Å². The molecular formula is C18H13BrF3NO4. The standard InChI is InChI=1S/C16H12BrNO2.C2HF3O2/c17-13-7-5-11(6-8-13)10-18-14-4-2-1-3-12(14)9-15(18)16(19)20;3-2(4,5)1(6)7/h1-9H,10H2,(H,19,20);(H,6,7). The zero-order chi connectivity index (χ0) is 20.2. The maximum absolute atomic E-state index is 11.4. The van der Waals surface area contributed by atoms with Gasteiger partial charge in [-0.25, -0.2) is 9.59 Å². The predicted molar refractivity (Wildman–Crippen MR) is 95.8 cm³/mol. The summed E-state index contributed by atoms with van der Waals surface area (Å²) in [5, 5.41) is 17.4. The molecule has 0 aliphatic heterocycles. The van der Waals surface area contributed by atoms with E-state index in [0.29, 0.717) is 12.2 Å². The van der Waals surface area contributed by atoms with Gasteiger partial charge in [-0.1, -0.05) is 46.3 Å². The number of alkyl halides is 3. The number of carboxylic acid groups (broad SMARTS) is 2. The fourth-order valence-corrected chi connectivity index (χ4v) is 2.59. The number of carbonyl (C=O) groups is 2. The first-order valence-corrected chi connectivity index (χ1v) is 8.25. The Morgan fingerprint density at radius 3 is 2.07 bits per heavy atom. The SMILES string of the molecule is O=C(O)C(F)(F)F.O=C(O)c1cc2ccccc2n1Cc1ccc(Br)cc1. The predicted octanol–water partition coefficient (Wildman–Crippen LogP) is 4.78. The number of halogens is 4. The van der Waals surface area contributed by atoms with Crippen molar-refractivity contribution in [2.24, 2.45) is 0 Å². The van der Waals surface area contributed by atoms with Crippen LogP contribution >= 0.6 is 15.9 Å². The molecule has 2 aromatic carbocycles. The molecule has 0 aliphatic carbocycles. The van der Waals surface area contributed by atoms with Crippen LogP contribution in [0.15, 0.2) is 59.1 Å². The molecule has 0 atom stereocenters. The molecule has 1 aromatic heterocycles. The molecule has 0 saturated carbocycles. The van der Waals surface area contributed by atoms with Gasteiger partial charge in [0.2, 0.25) is 0 Å². The van der Waals surface area contributed by atoms with Crippen LogP contribution < -0.4 is 0 Å². The van der Waals surface area contributed by atoms with Crippen LogP contribution in [0.1, 0.15) is 16.1 Å². The largest absolute Gasteiger partial charge is 0.490 e. The van der Waals surface area contributed by atoms with Crippen LogP contribution in [0.3, 0.4) is 0 Å². The molecular weight excluding hydrogens is 431 g/mol. The van der Waals surface area contributed by atoms with Gasteiger partial charge in [-0.2, -0.15) is 13.2 Å². The second-order valence-corrected chi connectivity index (χ2v) is 6.32. The Kier molecular flexibility index (Phi) is 6.27. The van der Waals surface area contributed by atoms with Crippen LogP contribution in [0.25, 0.3) is 10.9 Å². The normalized spacial score (nSPS) is 11.0. The van der Waals surface area contributed by atoms with E-state index in [2.05, 4.69) is 15.9 Å². The van der Waals surface area contributed by atoms with Crippen molar-refractivity contribution in [3.63, 3.8) is 0 Å². The molecule has 3 rings (SSSR count). The summed E-state index contributed by atoms with van der Waals surface area (Å²) in [6, 6.07) is 17.3. The van der Waals surface area contributed by atoms with Gasteiger partial charge >= 0.3 is 18.1 Å². The fourth-order valence-electron chi connectivity index (χ4n) is 2.33. The van der Waals surface area contributed by atoms with Gasteiger partial charge in [0.1, 0.15) is 5.69 Å². The number of rotatable bonds is 3. The molecule has 0 aliphatic rings. The summed E-state index contributed by atoms with van der Waals surface area (Å²) in [5.41, 5.74) is 2.32. The van der Waals surface area contributed by atoms with Gasteiger partial charge in [0.15, 0.2) is 0 Å². The van der Waals surface area contributed by atoms with E-state index in [1.807, 2.05) is 53.1 Å². The Balaban J connectivity index is 0.000000321. The lowest BCUT2D eigenvalue weighted by Crippen LogP contribution is -2.21. The highest BCUT2D eigenvalue weighted by atomic mass is 79.9. The van der Waals surface area contributed by atoms with Crippen LogP contribution in [-0.4, -0.2) is 32.9 Å². The summed E-state index contributed by atoms with van der Waals surface area (Å²) >= 11 is 3.40. The zero-order valence-corrected chi connectivity index (χ0v) is 15.2. The molecule has 0 spiro atoms. The van der Waals surface area contributed by atoms with Crippen LogP contribution in [-0.2, 0) is 11.3 Å². The first kappa shape index (κ1) is 20.5. The number of fused-ring (bicyclic) bond motifs is 1. The number of nitrogens with zero attached hydrogens (tertiary/aromatic N) is 1. The topological polar surface area (TPSA) is 79.5 Å². The van der Waals surface area contributed by atoms with Crippen molar-refractivity contribution in [2.45, 2.75) is 12.7 Å². The molecule has 0 fully saturated rings. The van der Waals surface area contributed by atoms with Gasteiger partial charge in [-0.05, 0) is 29.8 Å². The monoisotopic (exact) mass is 443 g/mol. The van der Waals surface area contributed by atoms with Gasteiger partial charge in [-0.3, -0.25) is 0 Å². The van der Waals surface area contributed by atoms with Gasteiger partial charge in [0.25, 0.3) is 0 Å². The van der Waals surface area contributed by atoms with Crippen molar-refractivity contribution in [1.29, 1.82) is 0 Å². The third-order valence-electron chi connectivity index (χ3n) is 3.53. The molecule has 0 saturated heterocycles. The smallest absolute Gasteiger partial charge is 0.477 e. The molecule has 0 bridgehead atoms. The quantitative estimate of drug-likeness (QED) is 0.610. The second kappa shape index (κ2) is 8.26. The number of para-hydroxylation sites is 1. The summed E-state index contributed by atoms with van der Waals surface area (Å²) in [6.45, 7) is 0.544. The summed E-state index contributed by atoms with van der Waals surface area (Å²) in [4.78, 5) is 20.3. The number of aromatic carboxylic acids is 1. The summed E-state index contributed by atoms with van der Waals surface area (Å²) in [5.74, 6) is -3.66. The van der Waals surface area contributed by atoms with Crippen molar-refractivity contribution in [1.82, 2.24) is 4.57 Å². The summed E-state index contributed by atoms with van der Waals surface area (Å²) in [6.07, 6.45) is -5.08. The van der Waals surface area contributed by atoms with E-state index in [4.69, 9.17) is 9.90 Å². The number of aliphatic carboxylic acids is 1. The lowest BCUT2D eigenvalue weighted by atomic mass is 10.2. The molecule has 0 unspecified atom stereocenters. The van der Waals surface area contributed by atoms with Crippen LogP contribution in [0.2, 0.25) is 0 Å². The Morgan fingerprint density at radius 2 is 1.56 bits per heavy atom. The Hall–Kier alpha value is -2.81. The van der Waals surface area contributed by atoms with Gasteiger partial charge in [0, 0.05) is 21.9 Å². The first-order chi connectivity index (χ1) is 12.6. The van der Waals surface area contributed by atoms with E-state index in [1.165, 1.54) is 0 Å². The summed E-state index contributed by atoms with van der Waals surface area (Å²) < 4.78 is 34.6. The van der Waals surface area contributed by atoms with E-state index < -0.39 is 18.1 Å². The first-order valence-electron chi connectivity index (χ1n) is 7.45. The minimum Gasteiger partial charge on any atom is -0.477 e. The maximum Gasteiger partial charge on any atom is 0.490 e. The highest BCUT2D eigenvalue weighted by Gasteiger charge is 2.38. The van der Waals surface area contributed by atoms with E-state index in [1.54, 1.807) is 6.07 Å². The van der Waals surface area contributed by atoms with Crippen molar-refractivity contribution in [3.8, 4) is 0 Å². The Labute approximate surface area is 159 Å². The minimum absolute atomic E-state index is 0.314. The average Bonchev–Trinajstić information content (AvgIpc) is 2.96. The highest BCUT2D eigenvalue weighted by Crippen LogP contribution is 2.22. The average molecular weight is 444 g/mol. The molecule has 142 valence electrons. The molecule has 5 nitrogen and oxygen atoms in total. The van der Waals surface area contributed by atoms with E-state index in [0.717, 1.165) is 20.9 Å². The van der Waals surface area contributed by atoms with E-state index in [-0.39, 0.29) is 0 Å². The minimum atomic E-state index is -5.08. The maximum atomic E-state index is 11.4. The van der Waals surface area contributed by atoms with Gasteiger partial charge < -0.3 is 14.8 Å². The molecule has 0 amide bonds. The Morgan fingerprint density at radius 1 is 1.00 bits per heavy atom. The lowest BCUT2D eigenvalue weighted by molar-refractivity contribution is -0.192. The third kappa shape index (κ3) is 5.33. The third-order valence-corrected chi connectivity index (χ3v) is 4.05. The number of hydrogen-bond donors (Lipinski definition) is 2. The molecule has 2 N–H and O–H groups in total. The van der Waals surface area contributed by atoms with Crippen molar-refractivity contribution >= 4 is 38.8 Å². The van der Waals surface area contributed by atoms with Crippen molar-refractivity contribution in [2.75, 3.05) is 0 Å². The number of carboxylic acids is 2. The van der Waals surface area contributed by atoms with E-state index >= 15 is 0 Å². The molecule has 0 radical (unpaired) electrons. The van der Waals surface area contributed by atoms with Gasteiger partial charge in [0.05, 0.1) is 0 Å². The summed E-state index contributed by atoms with van der Waals surface area (Å²) in [7, 11) is 0. The number of aromatic nitrogens is 1. The highest BCUT2D eigenvalue weighted by molar-refractivity contribution is 9.10. The molecule has 3 aromatic rings. The number of hydrogen-bond acceptors (Lipinski definition) is 2. The van der Waals surface area contributed by atoms with Crippen LogP contribution in [0.5, 0.6) is 0 Å². The zero-order valence-electron chi connectivity index (χ0n) is 13.6. The fraction of sp³-hybridized carbons (Fsp3) is 0.111. The molecule has 9 heteroatoms. The van der Waals surface area contributed by atoms with Crippen molar-refractivity contribution in [3.05, 3.63) is 70.3 Å². The Bertz CT molecular complexity index is 965. The van der Waals surface area contributed by atoms with Gasteiger partial charge in [-0.15, -0.1) is 0 Å². The van der Waals surface area contributed by atoms with Crippen molar-refractivity contribution < 1.29 is 33.0 Å². The second-order valence-electron chi connectivity index (χ2n) is 5.41. The lowest BCUT2D eigenvalue weighted by Gasteiger charge is -2.08. The number of benzene rings is 2. The molecule has 1 heterocycles. The van der Waals surface area contributed by atoms with E-state index in [9.17, 15) is 23.1 Å². The molecule has 27 heavy (non-hydrogen) atoms.